The number of pyridine rings is 1. The minimum absolute atomic E-state index is 0.882. The lowest BCUT2D eigenvalue weighted by molar-refractivity contribution is 1.10. The second-order valence-corrected chi connectivity index (χ2v) is 16.7. The third-order valence-corrected chi connectivity index (χ3v) is 12.9. The van der Waals surface area contributed by atoms with E-state index in [2.05, 4.69) is 238 Å². The van der Waals surface area contributed by atoms with Crippen molar-refractivity contribution < 1.29 is 0 Å². The number of fused-ring (bicyclic) bond motifs is 7. The SMILES string of the molecule is c1ccc(-n2c(-c3cc(-c4cncc(-c5ccc(-n6c7ccccc7c7ccccc76)cc5)c4)cc(-c4ccc5c(c4)c4ccccc4n5-c4ccccc4)c3)nc3ccccc32)cc1. The first kappa shape index (κ1) is 36.8. The molecule has 4 aromatic heterocycles. The van der Waals surface area contributed by atoms with E-state index in [1.807, 2.05) is 12.4 Å². The third-order valence-electron chi connectivity index (χ3n) is 12.9. The average Bonchev–Trinajstić information content (AvgIpc) is 4.05. The van der Waals surface area contributed by atoms with Crippen molar-refractivity contribution in [2.45, 2.75) is 0 Å². The molecule has 0 aliphatic carbocycles. The molecule has 13 rings (SSSR count). The summed E-state index contributed by atoms with van der Waals surface area (Å²) in [5.41, 5.74) is 17.6. The average molecular weight is 830 g/mol. The molecule has 0 bridgehead atoms. The van der Waals surface area contributed by atoms with Gasteiger partial charge in [-0.15, -0.1) is 0 Å². The van der Waals surface area contributed by atoms with Crippen LogP contribution in [-0.2, 0) is 0 Å². The Labute approximate surface area is 375 Å². The number of aromatic nitrogens is 5. The molecule has 0 atom stereocenters. The molecular formula is C60H39N5. The first-order chi connectivity index (χ1) is 32.2. The number of benzene rings is 9. The molecular weight excluding hydrogens is 791 g/mol. The number of rotatable bonds is 7. The Kier molecular flexibility index (Phi) is 8.46. The largest absolute Gasteiger partial charge is 0.309 e. The summed E-state index contributed by atoms with van der Waals surface area (Å²) in [4.78, 5) is 10.2. The fourth-order valence-corrected chi connectivity index (χ4v) is 9.92. The van der Waals surface area contributed by atoms with Crippen LogP contribution in [0.2, 0.25) is 0 Å². The van der Waals surface area contributed by atoms with Crippen LogP contribution < -0.4 is 0 Å². The zero-order chi connectivity index (χ0) is 42.8. The van der Waals surface area contributed by atoms with Crippen molar-refractivity contribution in [1.29, 1.82) is 0 Å². The third kappa shape index (κ3) is 6.09. The monoisotopic (exact) mass is 829 g/mol. The molecule has 0 aliphatic rings. The van der Waals surface area contributed by atoms with Crippen LogP contribution in [0.1, 0.15) is 0 Å². The minimum Gasteiger partial charge on any atom is -0.309 e. The number of nitrogens with zero attached hydrogens (tertiary/aromatic N) is 5. The van der Waals surface area contributed by atoms with Gasteiger partial charge >= 0.3 is 0 Å². The van der Waals surface area contributed by atoms with Crippen molar-refractivity contribution in [2.24, 2.45) is 0 Å². The number of hydrogen-bond acceptors (Lipinski definition) is 2. The van der Waals surface area contributed by atoms with Crippen molar-refractivity contribution in [3.05, 3.63) is 237 Å². The lowest BCUT2D eigenvalue weighted by Crippen LogP contribution is -1.98. The van der Waals surface area contributed by atoms with E-state index in [0.29, 0.717) is 0 Å². The Morgan fingerprint density at radius 3 is 1.32 bits per heavy atom. The fraction of sp³-hybridized carbons (Fsp3) is 0. The Morgan fingerprint density at radius 2 is 0.692 bits per heavy atom. The molecule has 65 heavy (non-hydrogen) atoms. The molecule has 13 aromatic rings. The number of imidazole rings is 1. The van der Waals surface area contributed by atoms with Crippen LogP contribution >= 0.6 is 0 Å². The second-order valence-electron chi connectivity index (χ2n) is 16.7. The van der Waals surface area contributed by atoms with E-state index >= 15 is 0 Å². The van der Waals surface area contributed by atoms with E-state index in [1.54, 1.807) is 0 Å². The maximum atomic E-state index is 5.33. The van der Waals surface area contributed by atoms with Crippen LogP contribution in [0.15, 0.2) is 237 Å². The highest BCUT2D eigenvalue weighted by Crippen LogP contribution is 2.40. The van der Waals surface area contributed by atoms with Gasteiger partial charge in [-0.2, -0.15) is 0 Å². The van der Waals surface area contributed by atoms with Gasteiger partial charge in [0.1, 0.15) is 5.82 Å². The highest BCUT2D eigenvalue weighted by Gasteiger charge is 2.19. The van der Waals surface area contributed by atoms with Crippen LogP contribution in [0.3, 0.4) is 0 Å². The predicted octanol–water partition coefficient (Wildman–Crippen LogP) is 15.3. The number of para-hydroxylation sites is 7. The summed E-state index contributed by atoms with van der Waals surface area (Å²) in [6, 6.07) is 80.5. The lowest BCUT2D eigenvalue weighted by Gasteiger charge is -2.14. The zero-order valence-electron chi connectivity index (χ0n) is 35.3. The van der Waals surface area contributed by atoms with Crippen LogP contribution in [0.4, 0.5) is 0 Å². The fourth-order valence-electron chi connectivity index (χ4n) is 9.92. The molecule has 0 unspecified atom stereocenters. The van der Waals surface area contributed by atoms with E-state index in [1.165, 1.54) is 43.6 Å². The normalized spacial score (nSPS) is 11.7. The van der Waals surface area contributed by atoms with Crippen LogP contribution in [0.5, 0.6) is 0 Å². The summed E-state index contributed by atoms with van der Waals surface area (Å²) >= 11 is 0. The topological polar surface area (TPSA) is 40.6 Å². The Hall–Kier alpha value is -8.80. The molecule has 0 aliphatic heterocycles. The van der Waals surface area contributed by atoms with Gasteiger partial charge in [0.15, 0.2) is 0 Å². The van der Waals surface area contributed by atoms with Gasteiger partial charge in [0, 0.05) is 67.7 Å². The Morgan fingerprint density at radius 1 is 0.262 bits per heavy atom. The van der Waals surface area contributed by atoms with E-state index in [4.69, 9.17) is 9.97 Å². The van der Waals surface area contributed by atoms with E-state index in [9.17, 15) is 0 Å². The van der Waals surface area contributed by atoms with Crippen molar-refractivity contribution >= 4 is 54.6 Å². The standard InChI is InChI=1S/C60H39N5/c1-3-15-47(16-4-1)63-57-25-13-9-21-52(57)53-37-41(29-32-58(53)63)42-33-43(35-44(34-42)60-62-54-22-10-14-26-59(54)65(60)48-17-5-2-6-18-48)46-36-45(38-61-39-46)40-27-30-49(31-28-40)64-55-23-11-7-19-50(55)51-20-8-12-24-56(51)64/h1-39H. The second kappa shape index (κ2) is 14.9. The summed E-state index contributed by atoms with van der Waals surface area (Å²) in [6.07, 6.45) is 3.95. The lowest BCUT2D eigenvalue weighted by atomic mass is 9.94. The predicted molar refractivity (Wildman–Crippen MR) is 269 cm³/mol. The molecule has 0 spiro atoms. The van der Waals surface area contributed by atoms with E-state index in [-0.39, 0.29) is 0 Å². The first-order valence-electron chi connectivity index (χ1n) is 22.1. The van der Waals surface area contributed by atoms with Gasteiger partial charge < -0.3 is 9.13 Å². The van der Waals surface area contributed by atoms with E-state index in [0.717, 1.165) is 72.9 Å². The summed E-state index contributed by atoms with van der Waals surface area (Å²) in [7, 11) is 0. The molecule has 0 saturated carbocycles. The molecule has 0 amide bonds. The summed E-state index contributed by atoms with van der Waals surface area (Å²) < 4.78 is 7.00. The van der Waals surface area contributed by atoms with Crippen molar-refractivity contribution in [3.8, 4) is 61.8 Å². The molecule has 0 saturated heterocycles. The molecule has 9 aromatic carbocycles. The van der Waals surface area contributed by atoms with Crippen LogP contribution in [0, 0.1) is 0 Å². The van der Waals surface area contributed by atoms with Crippen LogP contribution in [-0.4, -0.2) is 23.7 Å². The smallest absolute Gasteiger partial charge is 0.145 e. The zero-order valence-corrected chi connectivity index (χ0v) is 35.3. The molecule has 0 N–H and O–H groups in total. The van der Waals surface area contributed by atoms with Crippen molar-refractivity contribution in [2.75, 3.05) is 0 Å². The van der Waals surface area contributed by atoms with Gasteiger partial charge in [0.25, 0.3) is 0 Å². The van der Waals surface area contributed by atoms with Gasteiger partial charge in [-0.05, 0) is 125 Å². The highest BCUT2D eigenvalue weighted by molar-refractivity contribution is 6.11. The highest BCUT2D eigenvalue weighted by atomic mass is 15.1. The minimum atomic E-state index is 0.882. The van der Waals surface area contributed by atoms with Gasteiger partial charge in [-0.3, -0.25) is 9.55 Å². The molecule has 5 heteroatoms. The van der Waals surface area contributed by atoms with Crippen LogP contribution in [0.25, 0.3) is 116 Å². The Balaban J connectivity index is 0.974. The maximum Gasteiger partial charge on any atom is 0.145 e. The first-order valence-corrected chi connectivity index (χ1v) is 22.1. The van der Waals surface area contributed by atoms with E-state index < -0.39 is 0 Å². The van der Waals surface area contributed by atoms with Gasteiger partial charge in [-0.1, -0.05) is 121 Å². The van der Waals surface area contributed by atoms with Gasteiger partial charge in [-0.25, -0.2) is 4.98 Å². The maximum absolute atomic E-state index is 5.33. The molecule has 304 valence electrons. The quantitative estimate of drug-likeness (QED) is 0.161. The Bertz CT molecular complexity index is 3880. The summed E-state index contributed by atoms with van der Waals surface area (Å²) in [5, 5.41) is 4.93. The van der Waals surface area contributed by atoms with Gasteiger partial charge in [0.05, 0.1) is 33.1 Å². The van der Waals surface area contributed by atoms with Crippen molar-refractivity contribution in [1.82, 2.24) is 23.7 Å². The summed E-state index contributed by atoms with van der Waals surface area (Å²) in [6.45, 7) is 0. The van der Waals surface area contributed by atoms with Crippen molar-refractivity contribution in [3.63, 3.8) is 0 Å². The molecule has 0 radical (unpaired) electrons. The molecule has 0 fully saturated rings. The van der Waals surface area contributed by atoms with Gasteiger partial charge in [0.2, 0.25) is 0 Å². The molecule has 5 nitrogen and oxygen atoms in total. The molecule has 4 heterocycles. The number of hydrogen-bond donors (Lipinski definition) is 0. The summed E-state index contributed by atoms with van der Waals surface area (Å²) in [5.74, 6) is 0.882.